The van der Waals surface area contributed by atoms with E-state index in [1.54, 1.807) is 30.3 Å². The number of hydrogen-bond donors (Lipinski definition) is 1. The molecule has 1 amide bonds. The number of anilines is 1. The number of rotatable bonds is 6. The molecule has 2 aliphatic rings. The second kappa shape index (κ2) is 9.18. The van der Waals surface area contributed by atoms with Crippen LogP contribution in [0.2, 0.25) is 0 Å². The minimum absolute atomic E-state index is 0.0650. The fourth-order valence-corrected chi connectivity index (χ4v) is 5.68. The van der Waals surface area contributed by atoms with E-state index in [1.165, 1.54) is 17.1 Å². The van der Waals surface area contributed by atoms with Gasteiger partial charge < -0.3 is 10.1 Å². The highest BCUT2D eigenvalue weighted by Gasteiger charge is 2.32. The first kappa shape index (κ1) is 20.9. The van der Waals surface area contributed by atoms with Gasteiger partial charge in [-0.3, -0.25) is 4.79 Å². The smallest absolute Gasteiger partial charge is 0.243 e. The van der Waals surface area contributed by atoms with Gasteiger partial charge in [0.1, 0.15) is 5.75 Å². The molecule has 30 heavy (non-hydrogen) atoms. The van der Waals surface area contributed by atoms with Crippen LogP contribution < -0.4 is 10.1 Å². The molecule has 1 saturated carbocycles. The van der Waals surface area contributed by atoms with Gasteiger partial charge in [-0.05, 0) is 62.8 Å². The maximum absolute atomic E-state index is 12.7. The highest BCUT2D eigenvalue weighted by molar-refractivity contribution is 7.89. The summed E-state index contributed by atoms with van der Waals surface area (Å²) in [5.74, 6) is 0.514. The van der Waals surface area contributed by atoms with Gasteiger partial charge in [0.05, 0.1) is 11.0 Å². The van der Waals surface area contributed by atoms with Gasteiger partial charge in [-0.25, -0.2) is 8.42 Å². The summed E-state index contributed by atoms with van der Waals surface area (Å²) in [5, 5.41) is 2.98. The summed E-state index contributed by atoms with van der Waals surface area (Å²) in [6.07, 6.45) is 5.88. The van der Waals surface area contributed by atoms with Crippen LogP contribution >= 0.6 is 0 Å². The fourth-order valence-electron chi connectivity index (χ4n) is 4.19. The second-order valence-corrected chi connectivity index (χ2v) is 9.97. The third-order valence-corrected chi connectivity index (χ3v) is 7.83. The lowest BCUT2D eigenvalue weighted by molar-refractivity contribution is -0.120. The molecule has 7 heteroatoms. The van der Waals surface area contributed by atoms with Crippen molar-refractivity contribution in [3.63, 3.8) is 0 Å². The van der Waals surface area contributed by atoms with E-state index in [1.807, 2.05) is 24.3 Å². The first-order valence-corrected chi connectivity index (χ1v) is 12.1. The standard InChI is InChI=1S/C23H28N2O4S/c26-23(24-19-7-6-10-21(17-19)29-20-8-4-5-9-20)18-13-15-25(16-14-18)30(27,28)22-11-2-1-3-12-22/h1-3,6-7,10-12,17-18,20H,4-5,8-9,13-16H2,(H,24,26). The number of ether oxygens (including phenoxy) is 1. The van der Waals surface area contributed by atoms with Gasteiger partial charge in [0, 0.05) is 30.8 Å². The summed E-state index contributed by atoms with van der Waals surface area (Å²) in [7, 11) is -3.50. The van der Waals surface area contributed by atoms with Crippen LogP contribution in [0.3, 0.4) is 0 Å². The molecule has 2 aromatic rings. The number of carbonyl (C=O) groups is 1. The van der Waals surface area contributed by atoms with Crippen LogP contribution in [0.4, 0.5) is 5.69 Å². The number of benzene rings is 2. The van der Waals surface area contributed by atoms with Gasteiger partial charge in [0.25, 0.3) is 0 Å². The van der Waals surface area contributed by atoms with Crippen LogP contribution in [0.15, 0.2) is 59.5 Å². The molecular weight excluding hydrogens is 400 g/mol. The van der Waals surface area contributed by atoms with Gasteiger partial charge in [0.2, 0.25) is 15.9 Å². The number of piperidine rings is 1. The monoisotopic (exact) mass is 428 g/mol. The normalized spacial score (nSPS) is 18.9. The molecule has 0 atom stereocenters. The molecule has 0 radical (unpaired) electrons. The highest BCUT2D eigenvalue weighted by Crippen LogP contribution is 2.27. The van der Waals surface area contributed by atoms with Crippen molar-refractivity contribution < 1.29 is 17.9 Å². The fraction of sp³-hybridized carbons (Fsp3) is 0.435. The van der Waals surface area contributed by atoms with E-state index < -0.39 is 10.0 Å². The van der Waals surface area contributed by atoms with Crippen LogP contribution in [0.5, 0.6) is 5.75 Å². The molecule has 1 saturated heterocycles. The maximum atomic E-state index is 12.7. The Bertz CT molecular complexity index is 964. The Balaban J connectivity index is 1.32. The molecule has 2 aromatic carbocycles. The largest absolute Gasteiger partial charge is 0.490 e. The summed E-state index contributed by atoms with van der Waals surface area (Å²) in [6, 6.07) is 16.0. The van der Waals surface area contributed by atoms with E-state index in [2.05, 4.69) is 5.32 Å². The van der Waals surface area contributed by atoms with Crippen molar-refractivity contribution in [3.8, 4) is 5.75 Å². The summed E-state index contributed by atoms with van der Waals surface area (Å²) in [4.78, 5) is 13.0. The lowest BCUT2D eigenvalue weighted by atomic mass is 9.97. The van der Waals surface area contributed by atoms with Gasteiger partial charge in [-0.15, -0.1) is 0 Å². The Morgan fingerprint density at radius 3 is 2.33 bits per heavy atom. The summed E-state index contributed by atoms with van der Waals surface area (Å²) in [5.41, 5.74) is 0.717. The van der Waals surface area contributed by atoms with Crippen LogP contribution in [0, 0.1) is 5.92 Å². The third-order valence-electron chi connectivity index (χ3n) is 5.91. The third kappa shape index (κ3) is 4.84. The molecule has 1 aliphatic heterocycles. The molecule has 0 bridgehead atoms. The van der Waals surface area contributed by atoms with E-state index in [4.69, 9.17) is 4.74 Å². The first-order chi connectivity index (χ1) is 14.5. The molecule has 0 aromatic heterocycles. The number of nitrogens with one attached hydrogen (secondary N) is 1. The summed E-state index contributed by atoms with van der Waals surface area (Å²) >= 11 is 0. The number of sulfonamides is 1. The Labute approximate surface area is 178 Å². The van der Waals surface area contributed by atoms with Crippen molar-refractivity contribution in [2.75, 3.05) is 18.4 Å². The second-order valence-electron chi connectivity index (χ2n) is 8.03. The molecule has 1 aliphatic carbocycles. The van der Waals surface area contributed by atoms with Crippen LogP contribution in [0.1, 0.15) is 38.5 Å². The van der Waals surface area contributed by atoms with Gasteiger partial charge in [-0.1, -0.05) is 24.3 Å². The van der Waals surface area contributed by atoms with E-state index in [0.29, 0.717) is 30.8 Å². The number of nitrogens with zero attached hydrogens (tertiary/aromatic N) is 1. The van der Waals surface area contributed by atoms with E-state index >= 15 is 0 Å². The molecule has 160 valence electrons. The Hall–Kier alpha value is -2.38. The maximum Gasteiger partial charge on any atom is 0.243 e. The Kier molecular flexibility index (Phi) is 6.39. The van der Waals surface area contributed by atoms with Gasteiger partial charge >= 0.3 is 0 Å². The van der Waals surface area contributed by atoms with Crippen molar-refractivity contribution in [3.05, 3.63) is 54.6 Å². The summed E-state index contributed by atoms with van der Waals surface area (Å²) in [6.45, 7) is 0.695. The predicted molar refractivity (Wildman–Crippen MR) is 116 cm³/mol. The highest BCUT2D eigenvalue weighted by atomic mass is 32.2. The van der Waals surface area contributed by atoms with Crippen LogP contribution in [-0.4, -0.2) is 37.8 Å². The molecule has 0 unspecified atom stereocenters. The Morgan fingerprint density at radius 1 is 0.933 bits per heavy atom. The Morgan fingerprint density at radius 2 is 1.63 bits per heavy atom. The topological polar surface area (TPSA) is 75.7 Å². The van der Waals surface area contributed by atoms with Crippen molar-refractivity contribution in [2.45, 2.75) is 49.5 Å². The number of hydrogen-bond acceptors (Lipinski definition) is 4. The average molecular weight is 429 g/mol. The zero-order valence-electron chi connectivity index (χ0n) is 17.0. The zero-order valence-corrected chi connectivity index (χ0v) is 17.8. The number of carbonyl (C=O) groups excluding carboxylic acids is 1. The molecule has 1 N–H and O–H groups in total. The van der Waals surface area contributed by atoms with Crippen molar-refractivity contribution in [1.82, 2.24) is 4.31 Å². The first-order valence-electron chi connectivity index (χ1n) is 10.7. The molecule has 6 nitrogen and oxygen atoms in total. The minimum Gasteiger partial charge on any atom is -0.490 e. The minimum atomic E-state index is -3.50. The van der Waals surface area contributed by atoms with E-state index in [0.717, 1.165) is 24.3 Å². The van der Waals surface area contributed by atoms with E-state index in [-0.39, 0.29) is 17.9 Å². The molecular formula is C23H28N2O4S. The molecule has 1 heterocycles. The van der Waals surface area contributed by atoms with Crippen molar-refractivity contribution in [1.29, 1.82) is 0 Å². The van der Waals surface area contributed by atoms with E-state index in [9.17, 15) is 13.2 Å². The molecule has 2 fully saturated rings. The lowest BCUT2D eigenvalue weighted by Gasteiger charge is -2.30. The lowest BCUT2D eigenvalue weighted by Crippen LogP contribution is -2.41. The predicted octanol–water partition coefficient (Wildman–Crippen LogP) is 4.05. The zero-order chi connectivity index (χ0) is 21.0. The quantitative estimate of drug-likeness (QED) is 0.753. The van der Waals surface area contributed by atoms with Crippen LogP contribution in [-0.2, 0) is 14.8 Å². The molecule has 4 rings (SSSR count). The van der Waals surface area contributed by atoms with Crippen molar-refractivity contribution in [2.24, 2.45) is 5.92 Å². The van der Waals surface area contributed by atoms with Crippen LogP contribution in [0.25, 0.3) is 0 Å². The summed E-state index contributed by atoms with van der Waals surface area (Å²) < 4.78 is 33.0. The average Bonchev–Trinajstić information content (AvgIpc) is 3.28. The van der Waals surface area contributed by atoms with Crippen molar-refractivity contribution >= 4 is 21.6 Å². The molecule has 0 spiro atoms. The van der Waals surface area contributed by atoms with Gasteiger partial charge in [0.15, 0.2) is 0 Å². The number of amides is 1. The SMILES string of the molecule is O=C(Nc1cccc(OC2CCCC2)c1)C1CCN(S(=O)(=O)c2ccccc2)CC1. The van der Waals surface area contributed by atoms with Gasteiger partial charge in [-0.2, -0.15) is 4.31 Å².